The standard InChI is InChI=1S/C12H19N3O2/c1-9-5-13-15(6-9)10-7-14(8-10)11(16)17-12(2,3)4/h5-6,10H,7-8H2,1-4H3. The van der Waals surface area contributed by atoms with Gasteiger partial charge in [-0.3, -0.25) is 4.68 Å². The van der Waals surface area contributed by atoms with E-state index < -0.39 is 5.60 Å². The van der Waals surface area contributed by atoms with E-state index in [1.165, 1.54) is 0 Å². The minimum Gasteiger partial charge on any atom is -0.444 e. The summed E-state index contributed by atoms with van der Waals surface area (Å²) >= 11 is 0. The molecular formula is C12H19N3O2. The van der Waals surface area contributed by atoms with Crippen LogP contribution in [0, 0.1) is 6.92 Å². The lowest BCUT2D eigenvalue weighted by Crippen LogP contribution is -2.52. The van der Waals surface area contributed by atoms with Crippen LogP contribution in [0.3, 0.4) is 0 Å². The molecule has 1 fully saturated rings. The molecule has 5 heteroatoms. The van der Waals surface area contributed by atoms with Crippen molar-refractivity contribution in [2.24, 2.45) is 0 Å². The van der Waals surface area contributed by atoms with E-state index in [0.29, 0.717) is 13.1 Å². The molecular weight excluding hydrogens is 218 g/mol. The lowest BCUT2D eigenvalue weighted by Gasteiger charge is -2.39. The maximum absolute atomic E-state index is 11.7. The van der Waals surface area contributed by atoms with Crippen molar-refractivity contribution >= 4 is 6.09 Å². The Morgan fingerprint density at radius 3 is 2.59 bits per heavy atom. The third-order valence-corrected chi connectivity index (χ3v) is 2.62. The Hall–Kier alpha value is -1.52. The molecule has 0 saturated carbocycles. The average molecular weight is 237 g/mol. The molecule has 0 aromatic carbocycles. The number of hydrogen-bond donors (Lipinski definition) is 0. The van der Waals surface area contributed by atoms with Crippen LogP contribution in [0.5, 0.6) is 0 Å². The number of nitrogens with zero attached hydrogens (tertiary/aromatic N) is 3. The molecule has 1 amide bonds. The van der Waals surface area contributed by atoms with Crippen molar-refractivity contribution < 1.29 is 9.53 Å². The van der Waals surface area contributed by atoms with E-state index in [-0.39, 0.29) is 12.1 Å². The quantitative estimate of drug-likeness (QED) is 0.750. The molecule has 2 rings (SSSR count). The molecule has 0 bridgehead atoms. The summed E-state index contributed by atoms with van der Waals surface area (Å²) in [7, 11) is 0. The van der Waals surface area contributed by atoms with Crippen molar-refractivity contribution in [1.82, 2.24) is 14.7 Å². The fourth-order valence-electron chi connectivity index (χ4n) is 1.73. The van der Waals surface area contributed by atoms with Gasteiger partial charge in [-0.15, -0.1) is 0 Å². The topological polar surface area (TPSA) is 47.4 Å². The molecule has 0 radical (unpaired) electrons. The fraction of sp³-hybridized carbons (Fsp3) is 0.667. The monoisotopic (exact) mass is 237 g/mol. The average Bonchev–Trinajstić information content (AvgIpc) is 2.45. The van der Waals surface area contributed by atoms with Gasteiger partial charge in [0.1, 0.15) is 5.60 Å². The van der Waals surface area contributed by atoms with Crippen LogP contribution >= 0.6 is 0 Å². The second kappa shape index (κ2) is 4.05. The van der Waals surface area contributed by atoms with E-state index in [0.717, 1.165) is 5.56 Å². The summed E-state index contributed by atoms with van der Waals surface area (Å²) in [4.78, 5) is 13.4. The highest BCUT2D eigenvalue weighted by molar-refractivity contribution is 5.69. The van der Waals surface area contributed by atoms with E-state index in [4.69, 9.17) is 4.74 Å². The number of carbonyl (C=O) groups is 1. The van der Waals surface area contributed by atoms with E-state index >= 15 is 0 Å². The van der Waals surface area contributed by atoms with Gasteiger partial charge in [0.2, 0.25) is 0 Å². The van der Waals surface area contributed by atoms with Gasteiger partial charge in [0.05, 0.1) is 12.2 Å². The Morgan fingerprint density at radius 1 is 1.47 bits per heavy atom. The number of aromatic nitrogens is 2. The van der Waals surface area contributed by atoms with Crippen molar-refractivity contribution in [1.29, 1.82) is 0 Å². The van der Waals surface area contributed by atoms with Gasteiger partial charge in [0, 0.05) is 19.3 Å². The molecule has 1 aliphatic rings. The lowest BCUT2D eigenvalue weighted by molar-refractivity contribution is -0.000389. The van der Waals surface area contributed by atoms with Gasteiger partial charge in [-0.05, 0) is 33.3 Å². The Bertz CT molecular complexity index is 414. The van der Waals surface area contributed by atoms with Crippen LogP contribution < -0.4 is 0 Å². The number of ether oxygens (including phenoxy) is 1. The number of rotatable bonds is 1. The van der Waals surface area contributed by atoms with Crippen LogP contribution in [0.4, 0.5) is 4.79 Å². The molecule has 0 unspecified atom stereocenters. The van der Waals surface area contributed by atoms with Crippen LogP contribution in [0.2, 0.25) is 0 Å². The first-order valence-corrected chi connectivity index (χ1v) is 5.84. The number of amides is 1. The predicted molar refractivity (Wildman–Crippen MR) is 63.8 cm³/mol. The summed E-state index contributed by atoms with van der Waals surface area (Å²) in [6, 6.07) is 0.288. The first-order valence-electron chi connectivity index (χ1n) is 5.84. The summed E-state index contributed by atoms with van der Waals surface area (Å²) in [5.74, 6) is 0. The normalized spacial score (nSPS) is 16.8. The Morgan fingerprint density at radius 2 is 2.12 bits per heavy atom. The van der Waals surface area contributed by atoms with Crippen LogP contribution in [0.15, 0.2) is 12.4 Å². The van der Waals surface area contributed by atoms with Crippen LogP contribution in [0.1, 0.15) is 32.4 Å². The summed E-state index contributed by atoms with van der Waals surface area (Å²) in [5.41, 5.74) is 0.713. The smallest absolute Gasteiger partial charge is 0.410 e. The zero-order valence-corrected chi connectivity index (χ0v) is 10.8. The fourth-order valence-corrected chi connectivity index (χ4v) is 1.73. The molecule has 94 valence electrons. The van der Waals surface area contributed by atoms with Gasteiger partial charge in [-0.25, -0.2) is 4.79 Å². The van der Waals surface area contributed by atoms with Crippen molar-refractivity contribution in [3.8, 4) is 0 Å². The molecule has 1 saturated heterocycles. The van der Waals surface area contributed by atoms with Gasteiger partial charge in [-0.1, -0.05) is 0 Å². The third-order valence-electron chi connectivity index (χ3n) is 2.62. The first-order chi connectivity index (χ1) is 7.85. The SMILES string of the molecule is Cc1cnn(C2CN(C(=O)OC(C)(C)C)C2)c1. The number of hydrogen-bond acceptors (Lipinski definition) is 3. The van der Waals surface area contributed by atoms with Gasteiger partial charge >= 0.3 is 6.09 Å². The third kappa shape index (κ3) is 2.78. The largest absolute Gasteiger partial charge is 0.444 e. The molecule has 1 aromatic rings. The molecule has 17 heavy (non-hydrogen) atoms. The number of carbonyl (C=O) groups excluding carboxylic acids is 1. The Balaban J connectivity index is 1.85. The van der Waals surface area contributed by atoms with Crippen molar-refractivity contribution in [3.63, 3.8) is 0 Å². The summed E-state index contributed by atoms with van der Waals surface area (Å²) in [6.07, 6.45) is 3.59. The van der Waals surface area contributed by atoms with Crippen molar-refractivity contribution in [3.05, 3.63) is 18.0 Å². The number of likely N-dealkylation sites (tertiary alicyclic amines) is 1. The molecule has 0 atom stereocenters. The maximum Gasteiger partial charge on any atom is 0.410 e. The van der Waals surface area contributed by atoms with Crippen LogP contribution in [-0.2, 0) is 4.74 Å². The molecule has 0 spiro atoms. The molecule has 1 aromatic heterocycles. The van der Waals surface area contributed by atoms with Crippen molar-refractivity contribution in [2.45, 2.75) is 39.3 Å². The number of aryl methyl sites for hydroxylation is 1. The lowest BCUT2D eigenvalue weighted by atomic mass is 10.1. The van der Waals surface area contributed by atoms with Crippen molar-refractivity contribution in [2.75, 3.05) is 13.1 Å². The molecule has 0 aliphatic carbocycles. The van der Waals surface area contributed by atoms with Gasteiger partial charge < -0.3 is 9.64 Å². The predicted octanol–water partition coefficient (Wildman–Crippen LogP) is 1.98. The van der Waals surface area contributed by atoms with E-state index in [9.17, 15) is 4.79 Å². The van der Waals surface area contributed by atoms with E-state index in [1.807, 2.05) is 44.8 Å². The van der Waals surface area contributed by atoms with Gasteiger partial charge in [0.15, 0.2) is 0 Å². The summed E-state index contributed by atoms with van der Waals surface area (Å²) in [6.45, 7) is 8.98. The van der Waals surface area contributed by atoms with Crippen LogP contribution in [-0.4, -0.2) is 39.5 Å². The molecule has 5 nitrogen and oxygen atoms in total. The van der Waals surface area contributed by atoms with Gasteiger partial charge in [0.25, 0.3) is 0 Å². The Kier molecular flexibility index (Phi) is 2.85. The highest BCUT2D eigenvalue weighted by Gasteiger charge is 2.34. The maximum atomic E-state index is 11.7. The molecule has 2 heterocycles. The Labute approximate surface area is 101 Å². The second-order valence-corrected chi connectivity index (χ2v) is 5.54. The second-order valence-electron chi connectivity index (χ2n) is 5.54. The highest BCUT2D eigenvalue weighted by atomic mass is 16.6. The minimum atomic E-state index is -0.426. The first kappa shape index (κ1) is 12.0. The van der Waals surface area contributed by atoms with E-state index in [1.54, 1.807) is 4.90 Å². The van der Waals surface area contributed by atoms with E-state index in [2.05, 4.69) is 5.10 Å². The zero-order chi connectivity index (χ0) is 12.6. The van der Waals surface area contributed by atoms with Crippen LogP contribution in [0.25, 0.3) is 0 Å². The summed E-state index contributed by atoms with van der Waals surface area (Å²) < 4.78 is 7.20. The highest BCUT2D eigenvalue weighted by Crippen LogP contribution is 2.23. The zero-order valence-electron chi connectivity index (χ0n) is 10.8. The minimum absolute atomic E-state index is 0.238. The molecule has 0 N–H and O–H groups in total. The molecule has 1 aliphatic heterocycles. The summed E-state index contributed by atoms with van der Waals surface area (Å²) in [5, 5.41) is 4.24. The van der Waals surface area contributed by atoms with Gasteiger partial charge in [-0.2, -0.15) is 5.10 Å².